The Morgan fingerprint density at radius 3 is 3.00 bits per heavy atom. The number of aromatic nitrogens is 1. The van der Waals surface area contributed by atoms with Crippen LogP contribution in [0.25, 0.3) is 0 Å². The van der Waals surface area contributed by atoms with E-state index in [9.17, 15) is 0 Å². The van der Waals surface area contributed by atoms with Gasteiger partial charge in [0.05, 0.1) is 35.9 Å². The minimum Gasteiger partial charge on any atom is -0.384 e. The number of hydrogen-bond donors (Lipinski definition) is 1. The first kappa shape index (κ1) is 12.2. The largest absolute Gasteiger partial charge is 0.384 e. The normalized spacial score (nSPS) is 23.7. The van der Waals surface area contributed by atoms with Crippen molar-refractivity contribution in [1.82, 2.24) is 4.98 Å². The van der Waals surface area contributed by atoms with Crippen molar-refractivity contribution in [2.75, 3.05) is 30.4 Å². The van der Waals surface area contributed by atoms with Crippen molar-refractivity contribution in [2.45, 2.75) is 32.4 Å². The topological polar surface area (TPSA) is 37.4 Å². The maximum atomic E-state index is 5.61. The molecule has 1 aliphatic heterocycles. The van der Waals surface area contributed by atoms with Crippen LogP contribution in [-0.2, 0) is 4.74 Å². The quantitative estimate of drug-likeness (QED) is 0.867. The van der Waals surface area contributed by atoms with Gasteiger partial charge in [0.1, 0.15) is 0 Å². The van der Waals surface area contributed by atoms with E-state index in [1.165, 1.54) is 0 Å². The molecule has 1 aromatic heterocycles. The summed E-state index contributed by atoms with van der Waals surface area (Å²) in [5.41, 5.74) is 2.22. The predicted octanol–water partition coefficient (Wildman–Crippen LogP) is 2.13. The van der Waals surface area contributed by atoms with Crippen molar-refractivity contribution in [1.29, 1.82) is 0 Å². The molecule has 2 atom stereocenters. The fourth-order valence-corrected chi connectivity index (χ4v) is 2.34. The highest BCUT2D eigenvalue weighted by Crippen LogP contribution is 2.25. The van der Waals surface area contributed by atoms with Gasteiger partial charge in [0.25, 0.3) is 0 Å². The number of pyridine rings is 1. The Hall–Kier alpha value is -1.29. The lowest BCUT2D eigenvalue weighted by atomic mass is 10.1. The highest BCUT2D eigenvalue weighted by molar-refractivity contribution is 5.55. The molecule has 17 heavy (non-hydrogen) atoms. The van der Waals surface area contributed by atoms with Crippen LogP contribution in [0.5, 0.6) is 0 Å². The van der Waals surface area contributed by atoms with E-state index < -0.39 is 0 Å². The van der Waals surface area contributed by atoms with E-state index in [0.717, 1.165) is 30.9 Å². The lowest BCUT2D eigenvalue weighted by Gasteiger charge is -2.28. The zero-order valence-electron chi connectivity index (χ0n) is 10.8. The average Bonchev–Trinajstić information content (AvgIpc) is 2.75. The zero-order chi connectivity index (χ0) is 12.3. The Balaban J connectivity index is 2.12. The minimum absolute atomic E-state index is 0.294. The molecule has 0 spiro atoms. The monoisotopic (exact) mass is 235 g/mol. The van der Waals surface area contributed by atoms with Crippen molar-refractivity contribution in [2.24, 2.45) is 0 Å². The van der Waals surface area contributed by atoms with Crippen LogP contribution in [0.1, 0.15) is 20.3 Å². The van der Waals surface area contributed by atoms with Crippen molar-refractivity contribution >= 4 is 11.4 Å². The Bertz CT molecular complexity index is 369. The van der Waals surface area contributed by atoms with E-state index in [1.54, 1.807) is 0 Å². The molecule has 0 aromatic carbocycles. The molecule has 0 amide bonds. The van der Waals surface area contributed by atoms with Crippen LogP contribution in [0.15, 0.2) is 18.5 Å². The van der Waals surface area contributed by atoms with Crippen LogP contribution in [0.3, 0.4) is 0 Å². The molecule has 1 saturated heterocycles. The molecule has 1 fully saturated rings. The maximum absolute atomic E-state index is 5.61. The SMILES string of the molecule is CCNc1cncc(N(C)C2CCOC2C)c1. The van der Waals surface area contributed by atoms with Gasteiger partial charge in [0, 0.05) is 20.2 Å². The Morgan fingerprint density at radius 2 is 2.35 bits per heavy atom. The summed E-state index contributed by atoms with van der Waals surface area (Å²) >= 11 is 0. The summed E-state index contributed by atoms with van der Waals surface area (Å²) in [4.78, 5) is 6.55. The first-order valence-electron chi connectivity index (χ1n) is 6.25. The number of ether oxygens (including phenoxy) is 1. The fourth-order valence-electron chi connectivity index (χ4n) is 2.34. The molecule has 2 rings (SSSR count). The van der Waals surface area contributed by atoms with Crippen LogP contribution in [-0.4, -0.2) is 37.3 Å². The van der Waals surface area contributed by atoms with Gasteiger partial charge in [-0.05, 0) is 26.3 Å². The summed E-state index contributed by atoms with van der Waals surface area (Å²) in [6.45, 7) is 5.99. The van der Waals surface area contributed by atoms with Crippen LogP contribution in [0.4, 0.5) is 11.4 Å². The summed E-state index contributed by atoms with van der Waals surface area (Å²) < 4.78 is 5.61. The molecule has 1 aliphatic rings. The molecule has 4 nitrogen and oxygen atoms in total. The smallest absolute Gasteiger partial charge is 0.0750 e. The molecule has 0 radical (unpaired) electrons. The van der Waals surface area contributed by atoms with Crippen LogP contribution in [0, 0.1) is 0 Å². The Morgan fingerprint density at radius 1 is 1.53 bits per heavy atom. The van der Waals surface area contributed by atoms with Gasteiger partial charge in [0.2, 0.25) is 0 Å². The third-order valence-corrected chi connectivity index (χ3v) is 3.35. The van der Waals surface area contributed by atoms with E-state index in [1.807, 2.05) is 12.4 Å². The average molecular weight is 235 g/mol. The molecular weight excluding hydrogens is 214 g/mol. The summed E-state index contributed by atoms with van der Waals surface area (Å²) in [6, 6.07) is 2.59. The maximum Gasteiger partial charge on any atom is 0.0750 e. The fraction of sp³-hybridized carbons (Fsp3) is 0.615. The van der Waals surface area contributed by atoms with E-state index in [0.29, 0.717) is 12.1 Å². The van der Waals surface area contributed by atoms with Crippen LogP contribution >= 0.6 is 0 Å². The molecule has 2 heterocycles. The number of likely N-dealkylation sites (N-methyl/N-ethyl adjacent to an activating group) is 1. The predicted molar refractivity (Wildman–Crippen MR) is 70.6 cm³/mol. The molecule has 2 unspecified atom stereocenters. The van der Waals surface area contributed by atoms with Gasteiger partial charge >= 0.3 is 0 Å². The molecular formula is C13H21N3O. The number of nitrogens with zero attached hydrogens (tertiary/aromatic N) is 2. The molecule has 0 saturated carbocycles. The van der Waals surface area contributed by atoms with Crippen LogP contribution < -0.4 is 10.2 Å². The van der Waals surface area contributed by atoms with Gasteiger partial charge in [-0.2, -0.15) is 0 Å². The van der Waals surface area contributed by atoms with Gasteiger partial charge < -0.3 is 15.0 Å². The molecule has 4 heteroatoms. The van der Waals surface area contributed by atoms with Crippen molar-refractivity contribution < 1.29 is 4.74 Å². The van der Waals surface area contributed by atoms with Gasteiger partial charge in [-0.25, -0.2) is 0 Å². The third kappa shape index (κ3) is 2.69. The van der Waals surface area contributed by atoms with Gasteiger partial charge in [-0.15, -0.1) is 0 Å². The van der Waals surface area contributed by atoms with E-state index >= 15 is 0 Å². The van der Waals surface area contributed by atoms with Gasteiger partial charge in [-0.3, -0.25) is 4.98 Å². The second kappa shape index (κ2) is 5.36. The molecule has 1 N–H and O–H groups in total. The number of anilines is 2. The van der Waals surface area contributed by atoms with Crippen molar-refractivity contribution in [3.05, 3.63) is 18.5 Å². The second-order valence-corrected chi connectivity index (χ2v) is 4.50. The summed E-state index contributed by atoms with van der Waals surface area (Å²) in [6.07, 6.45) is 5.15. The van der Waals surface area contributed by atoms with E-state index in [2.05, 4.69) is 42.2 Å². The van der Waals surface area contributed by atoms with Crippen molar-refractivity contribution in [3.8, 4) is 0 Å². The van der Waals surface area contributed by atoms with Crippen molar-refractivity contribution in [3.63, 3.8) is 0 Å². The number of nitrogens with one attached hydrogen (secondary N) is 1. The Kier molecular flexibility index (Phi) is 3.84. The summed E-state index contributed by atoms with van der Waals surface area (Å²) in [5, 5.41) is 3.28. The lowest BCUT2D eigenvalue weighted by molar-refractivity contribution is 0.118. The second-order valence-electron chi connectivity index (χ2n) is 4.50. The third-order valence-electron chi connectivity index (χ3n) is 3.35. The highest BCUT2D eigenvalue weighted by atomic mass is 16.5. The molecule has 1 aromatic rings. The zero-order valence-corrected chi connectivity index (χ0v) is 10.8. The van der Waals surface area contributed by atoms with Gasteiger partial charge in [-0.1, -0.05) is 0 Å². The Labute approximate surface area is 103 Å². The van der Waals surface area contributed by atoms with Gasteiger partial charge in [0.15, 0.2) is 0 Å². The summed E-state index contributed by atoms with van der Waals surface area (Å²) in [7, 11) is 2.11. The first-order chi connectivity index (χ1) is 8.22. The van der Waals surface area contributed by atoms with E-state index in [4.69, 9.17) is 4.74 Å². The molecule has 94 valence electrons. The minimum atomic E-state index is 0.294. The molecule has 0 bridgehead atoms. The number of hydrogen-bond acceptors (Lipinski definition) is 4. The number of rotatable bonds is 4. The first-order valence-corrected chi connectivity index (χ1v) is 6.25. The summed E-state index contributed by atoms with van der Waals surface area (Å²) in [5.74, 6) is 0. The highest BCUT2D eigenvalue weighted by Gasteiger charge is 2.28. The van der Waals surface area contributed by atoms with E-state index in [-0.39, 0.29) is 0 Å². The lowest BCUT2D eigenvalue weighted by Crippen LogP contribution is -2.36. The molecule has 0 aliphatic carbocycles. The van der Waals surface area contributed by atoms with Crippen LogP contribution in [0.2, 0.25) is 0 Å². The standard InChI is InChI=1S/C13H21N3O/c1-4-15-11-7-12(9-14-8-11)16(3)13-5-6-17-10(13)2/h7-10,13,15H,4-6H2,1-3H3.